The van der Waals surface area contributed by atoms with Crippen LogP contribution in [-0.2, 0) is 4.74 Å². The standard InChI is InChI=1S/C12H22N2O/c1-6-11(15-7-2)14-9-10(8-13)12(3,4)5/h6,8-9H,7,13H2,1-5H3/b10-8+,11-6+,14-9+. The molecule has 0 bridgehead atoms. The van der Waals surface area contributed by atoms with Gasteiger partial charge >= 0.3 is 0 Å². The van der Waals surface area contributed by atoms with Crippen LogP contribution in [0.3, 0.4) is 0 Å². The predicted molar refractivity (Wildman–Crippen MR) is 65.6 cm³/mol. The molecule has 0 saturated heterocycles. The fourth-order valence-corrected chi connectivity index (χ4v) is 0.963. The molecule has 0 atom stereocenters. The smallest absolute Gasteiger partial charge is 0.208 e. The van der Waals surface area contributed by atoms with Gasteiger partial charge < -0.3 is 10.5 Å². The summed E-state index contributed by atoms with van der Waals surface area (Å²) in [4.78, 5) is 4.24. The summed E-state index contributed by atoms with van der Waals surface area (Å²) >= 11 is 0. The molecule has 86 valence electrons. The zero-order valence-electron chi connectivity index (χ0n) is 10.4. The summed E-state index contributed by atoms with van der Waals surface area (Å²) < 4.78 is 5.29. The highest BCUT2D eigenvalue weighted by molar-refractivity contribution is 5.80. The molecule has 0 heterocycles. The minimum atomic E-state index is 0.00329. The van der Waals surface area contributed by atoms with Crippen LogP contribution in [-0.4, -0.2) is 12.8 Å². The molecule has 0 aromatic rings. The maximum Gasteiger partial charge on any atom is 0.208 e. The molecule has 0 saturated carbocycles. The monoisotopic (exact) mass is 210 g/mol. The number of nitrogens with two attached hydrogens (primary N) is 1. The van der Waals surface area contributed by atoms with Gasteiger partial charge in [0.2, 0.25) is 5.88 Å². The molecule has 0 aliphatic heterocycles. The molecule has 3 nitrogen and oxygen atoms in total. The molecule has 0 aliphatic carbocycles. The van der Waals surface area contributed by atoms with Crippen molar-refractivity contribution in [3.63, 3.8) is 0 Å². The maximum atomic E-state index is 5.55. The number of hydrogen-bond donors (Lipinski definition) is 1. The van der Waals surface area contributed by atoms with Gasteiger partial charge in [-0.2, -0.15) is 0 Å². The van der Waals surface area contributed by atoms with E-state index in [-0.39, 0.29) is 5.41 Å². The summed E-state index contributed by atoms with van der Waals surface area (Å²) in [6, 6.07) is 0. The molecule has 0 fully saturated rings. The summed E-state index contributed by atoms with van der Waals surface area (Å²) in [5.74, 6) is 0.626. The SMILES string of the molecule is C\C=C(/N=C/C(=C\N)C(C)(C)C)OCC. The number of nitrogens with zero attached hydrogens (tertiary/aromatic N) is 1. The molecule has 0 amide bonds. The molecule has 0 spiro atoms. The van der Waals surface area contributed by atoms with Gasteiger partial charge in [0, 0.05) is 6.21 Å². The summed E-state index contributed by atoms with van der Waals surface area (Å²) in [6.45, 7) is 10.7. The summed E-state index contributed by atoms with van der Waals surface area (Å²) in [5.41, 5.74) is 6.54. The fraction of sp³-hybridized carbons (Fsp3) is 0.583. The Kier molecular flexibility index (Phi) is 5.75. The van der Waals surface area contributed by atoms with Crippen molar-refractivity contribution in [2.75, 3.05) is 6.61 Å². The summed E-state index contributed by atoms with van der Waals surface area (Å²) in [5, 5.41) is 0. The van der Waals surface area contributed by atoms with Crippen LogP contribution in [0.15, 0.2) is 28.7 Å². The molecule has 0 radical (unpaired) electrons. The maximum absolute atomic E-state index is 5.55. The Balaban J connectivity index is 4.63. The van der Waals surface area contributed by atoms with Gasteiger partial charge in [-0.25, -0.2) is 4.99 Å². The highest BCUT2D eigenvalue weighted by atomic mass is 16.5. The molecule has 0 unspecified atom stereocenters. The number of hydrogen-bond acceptors (Lipinski definition) is 3. The Morgan fingerprint density at radius 1 is 1.40 bits per heavy atom. The molecule has 0 aliphatic rings. The Labute approximate surface area is 92.7 Å². The second kappa shape index (κ2) is 6.27. The van der Waals surface area contributed by atoms with Gasteiger partial charge in [-0.1, -0.05) is 20.8 Å². The minimum Gasteiger partial charge on any atom is -0.478 e. The zero-order chi connectivity index (χ0) is 11.9. The first-order valence-corrected chi connectivity index (χ1v) is 5.21. The van der Waals surface area contributed by atoms with Crippen LogP contribution < -0.4 is 5.73 Å². The van der Waals surface area contributed by atoms with E-state index < -0.39 is 0 Å². The topological polar surface area (TPSA) is 47.6 Å². The van der Waals surface area contributed by atoms with Crippen LogP contribution in [0.4, 0.5) is 0 Å². The van der Waals surface area contributed by atoms with Crippen molar-refractivity contribution in [3.8, 4) is 0 Å². The molecule has 0 rings (SSSR count). The molecular weight excluding hydrogens is 188 g/mol. The van der Waals surface area contributed by atoms with Crippen LogP contribution in [0, 0.1) is 5.41 Å². The van der Waals surface area contributed by atoms with E-state index in [1.54, 1.807) is 12.4 Å². The minimum absolute atomic E-state index is 0.00329. The van der Waals surface area contributed by atoms with Gasteiger partial charge in [0.15, 0.2) is 0 Å². The number of aliphatic imine (C=N–C) groups is 1. The lowest BCUT2D eigenvalue weighted by atomic mass is 9.88. The van der Waals surface area contributed by atoms with E-state index in [1.165, 1.54) is 0 Å². The van der Waals surface area contributed by atoms with E-state index in [4.69, 9.17) is 10.5 Å². The lowest BCUT2D eigenvalue weighted by molar-refractivity contribution is 0.227. The molecule has 3 heteroatoms. The van der Waals surface area contributed by atoms with E-state index in [9.17, 15) is 0 Å². The van der Waals surface area contributed by atoms with Crippen molar-refractivity contribution in [1.29, 1.82) is 0 Å². The van der Waals surface area contributed by atoms with Crippen LogP contribution in [0.25, 0.3) is 0 Å². The van der Waals surface area contributed by atoms with Crippen LogP contribution >= 0.6 is 0 Å². The van der Waals surface area contributed by atoms with Crippen molar-refractivity contribution in [3.05, 3.63) is 23.7 Å². The first kappa shape index (κ1) is 13.8. The van der Waals surface area contributed by atoms with E-state index >= 15 is 0 Å². The van der Waals surface area contributed by atoms with Gasteiger partial charge in [0.1, 0.15) is 0 Å². The highest BCUT2D eigenvalue weighted by Gasteiger charge is 2.14. The van der Waals surface area contributed by atoms with Gasteiger partial charge in [-0.3, -0.25) is 0 Å². The van der Waals surface area contributed by atoms with E-state index in [1.807, 2.05) is 19.9 Å². The highest BCUT2D eigenvalue weighted by Crippen LogP contribution is 2.22. The average Bonchev–Trinajstić information content (AvgIpc) is 2.15. The lowest BCUT2D eigenvalue weighted by Crippen LogP contribution is -2.12. The normalized spacial score (nSPS) is 14.7. The quantitative estimate of drug-likeness (QED) is 0.573. The largest absolute Gasteiger partial charge is 0.478 e. The van der Waals surface area contributed by atoms with Crippen molar-refractivity contribution in [1.82, 2.24) is 0 Å². The van der Waals surface area contributed by atoms with E-state index in [0.29, 0.717) is 12.5 Å². The van der Waals surface area contributed by atoms with Crippen molar-refractivity contribution in [2.45, 2.75) is 34.6 Å². The molecule has 15 heavy (non-hydrogen) atoms. The zero-order valence-corrected chi connectivity index (χ0v) is 10.4. The Morgan fingerprint density at radius 3 is 2.33 bits per heavy atom. The third-order valence-electron chi connectivity index (χ3n) is 1.92. The molecule has 2 N–H and O–H groups in total. The molecular formula is C12H22N2O. The Hall–Kier alpha value is -1.25. The lowest BCUT2D eigenvalue weighted by Gasteiger charge is -2.18. The van der Waals surface area contributed by atoms with Gasteiger partial charge in [-0.15, -0.1) is 0 Å². The molecule has 0 aromatic carbocycles. The number of rotatable bonds is 4. The second-order valence-corrected chi connectivity index (χ2v) is 4.19. The first-order chi connectivity index (χ1) is 6.95. The fourth-order valence-electron chi connectivity index (χ4n) is 0.963. The van der Waals surface area contributed by atoms with Crippen molar-refractivity contribution >= 4 is 6.21 Å². The van der Waals surface area contributed by atoms with Crippen molar-refractivity contribution in [2.24, 2.45) is 16.1 Å². The summed E-state index contributed by atoms with van der Waals surface area (Å²) in [7, 11) is 0. The first-order valence-electron chi connectivity index (χ1n) is 5.21. The predicted octanol–water partition coefficient (Wildman–Crippen LogP) is 2.84. The van der Waals surface area contributed by atoms with E-state index in [2.05, 4.69) is 25.8 Å². The Morgan fingerprint density at radius 2 is 2.00 bits per heavy atom. The van der Waals surface area contributed by atoms with Crippen molar-refractivity contribution < 1.29 is 4.74 Å². The van der Waals surface area contributed by atoms with Crippen LogP contribution in [0.5, 0.6) is 0 Å². The third-order valence-corrected chi connectivity index (χ3v) is 1.92. The van der Waals surface area contributed by atoms with Crippen LogP contribution in [0.2, 0.25) is 0 Å². The Bertz CT molecular complexity index is 270. The average molecular weight is 210 g/mol. The molecule has 0 aromatic heterocycles. The van der Waals surface area contributed by atoms with E-state index in [0.717, 1.165) is 5.57 Å². The van der Waals surface area contributed by atoms with Gasteiger partial charge in [-0.05, 0) is 37.1 Å². The third kappa shape index (κ3) is 5.25. The summed E-state index contributed by atoms with van der Waals surface area (Å²) in [6.07, 6.45) is 5.17. The van der Waals surface area contributed by atoms with Gasteiger partial charge in [0.25, 0.3) is 0 Å². The number of allylic oxidation sites excluding steroid dienone is 2. The van der Waals surface area contributed by atoms with Crippen LogP contribution in [0.1, 0.15) is 34.6 Å². The number of ether oxygens (including phenoxy) is 1. The second-order valence-electron chi connectivity index (χ2n) is 4.19. The van der Waals surface area contributed by atoms with Gasteiger partial charge in [0.05, 0.1) is 6.61 Å².